The first-order valence-electron chi connectivity index (χ1n) is 7.23. The van der Waals surface area contributed by atoms with E-state index >= 15 is 0 Å². The molecule has 2 heterocycles. The molecule has 24 heavy (non-hydrogen) atoms. The van der Waals surface area contributed by atoms with Gasteiger partial charge in [-0.25, -0.2) is 9.48 Å². The van der Waals surface area contributed by atoms with Crippen LogP contribution in [0.25, 0.3) is 11.0 Å². The summed E-state index contributed by atoms with van der Waals surface area (Å²) in [5, 5.41) is 11.1. The zero-order valence-electron chi connectivity index (χ0n) is 12.8. The van der Waals surface area contributed by atoms with Crippen molar-refractivity contribution >= 4 is 22.9 Å². The van der Waals surface area contributed by atoms with Gasteiger partial charge in [-0.2, -0.15) is 0 Å². The number of esters is 2. The number of fused-ring (bicyclic) bond motifs is 1. The Morgan fingerprint density at radius 3 is 2.83 bits per heavy atom. The minimum atomic E-state index is -0.597. The molecule has 0 amide bonds. The maximum atomic E-state index is 12.0. The Kier molecular flexibility index (Phi) is 4.50. The lowest BCUT2D eigenvalue weighted by atomic mass is 10.1. The number of nitrogens with zero attached hydrogens (tertiary/aromatic N) is 4. The smallest absolute Gasteiger partial charge is 0.374 e. The maximum Gasteiger partial charge on any atom is 0.374 e. The topological polar surface area (TPSA) is 109 Å². The van der Waals surface area contributed by atoms with E-state index < -0.39 is 11.9 Å². The van der Waals surface area contributed by atoms with Gasteiger partial charge in [-0.15, -0.1) is 5.10 Å². The number of rotatable bonds is 6. The number of benzene rings is 1. The van der Waals surface area contributed by atoms with Crippen LogP contribution in [0.3, 0.4) is 0 Å². The molecule has 9 nitrogen and oxygen atoms in total. The second kappa shape index (κ2) is 6.90. The van der Waals surface area contributed by atoms with Crippen LogP contribution in [0, 0.1) is 0 Å². The number of hydrogen-bond acceptors (Lipinski definition) is 8. The van der Waals surface area contributed by atoms with Crippen LogP contribution in [0.15, 0.2) is 35.0 Å². The first kappa shape index (κ1) is 15.7. The second-order valence-corrected chi connectivity index (χ2v) is 4.79. The quantitative estimate of drug-likeness (QED) is 0.623. The molecule has 0 aliphatic rings. The number of tetrazole rings is 1. The van der Waals surface area contributed by atoms with Crippen LogP contribution in [-0.2, 0) is 27.4 Å². The molecule has 0 radical (unpaired) electrons. The van der Waals surface area contributed by atoms with Gasteiger partial charge in [-0.1, -0.05) is 18.2 Å². The van der Waals surface area contributed by atoms with E-state index in [0.717, 1.165) is 0 Å². The molecular weight excluding hydrogens is 316 g/mol. The van der Waals surface area contributed by atoms with Gasteiger partial charge in [-0.3, -0.25) is 4.79 Å². The molecule has 3 aromatic rings. The molecule has 9 heteroatoms. The van der Waals surface area contributed by atoms with Gasteiger partial charge in [0.2, 0.25) is 5.76 Å². The monoisotopic (exact) mass is 330 g/mol. The summed E-state index contributed by atoms with van der Waals surface area (Å²) in [5.41, 5.74) is 0.987. The van der Waals surface area contributed by atoms with Crippen LogP contribution in [0.1, 0.15) is 23.0 Å². The fourth-order valence-electron chi connectivity index (χ4n) is 2.19. The van der Waals surface area contributed by atoms with Crippen LogP contribution in [-0.4, -0.2) is 38.8 Å². The number of furan rings is 1. The van der Waals surface area contributed by atoms with E-state index in [2.05, 4.69) is 15.5 Å². The summed E-state index contributed by atoms with van der Waals surface area (Å²) in [5.74, 6) is -1.10. The molecule has 0 fully saturated rings. The Morgan fingerprint density at radius 1 is 1.25 bits per heavy atom. The van der Waals surface area contributed by atoms with Gasteiger partial charge in [0, 0.05) is 5.39 Å². The number of carbonyl (C=O) groups is 2. The Balaban J connectivity index is 1.80. The average Bonchev–Trinajstić information content (AvgIpc) is 3.20. The predicted molar refractivity (Wildman–Crippen MR) is 79.8 cm³/mol. The van der Waals surface area contributed by atoms with E-state index in [1.54, 1.807) is 31.2 Å². The van der Waals surface area contributed by atoms with Crippen LogP contribution in [0.2, 0.25) is 0 Å². The third-order valence-electron chi connectivity index (χ3n) is 3.22. The van der Waals surface area contributed by atoms with Gasteiger partial charge in [-0.05, 0) is 23.4 Å². The largest absolute Gasteiger partial charge is 0.460 e. The third kappa shape index (κ3) is 3.24. The normalized spacial score (nSPS) is 10.7. The first-order valence-corrected chi connectivity index (χ1v) is 7.23. The highest BCUT2D eigenvalue weighted by Gasteiger charge is 2.22. The lowest BCUT2D eigenvalue weighted by Gasteiger charge is -2.05. The Hall–Kier alpha value is -3.23. The molecule has 0 saturated carbocycles. The fraction of sp³-hybridized carbons (Fsp3) is 0.267. The van der Waals surface area contributed by atoms with Crippen molar-refractivity contribution in [3.63, 3.8) is 0 Å². The zero-order valence-corrected chi connectivity index (χ0v) is 12.8. The molecule has 0 N–H and O–H groups in total. The van der Waals surface area contributed by atoms with Gasteiger partial charge in [0.25, 0.3) is 0 Å². The molecule has 0 spiro atoms. The van der Waals surface area contributed by atoms with E-state index in [4.69, 9.17) is 13.9 Å². The van der Waals surface area contributed by atoms with Gasteiger partial charge in [0.15, 0.2) is 0 Å². The summed E-state index contributed by atoms with van der Waals surface area (Å²) in [4.78, 5) is 23.9. The molecule has 1 aromatic carbocycles. The highest BCUT2D eigenvalue weighted by Crippen LogP contribution is 2.27. The minimum Gasteiger partial charge on any atom is -0.460 e. The van der Waals surface area contributed by atoms with E-state index in [1.165, 1.54) is 11.0 Å². The number of ether oxygens (including phenoxy) is 2. The molecule has 2 aromatic heterocycles. The lowest BCUT2D eigenvalue weighted by molar-refractivity contribution is -0.145. The zero-order chi connectivity index (χ0) is 16.9. The van der Waals surface area contributed by atoms with Crippen LogP contribution < -0.4 is 0 Å². The molecule has 0 aliphatic carbocycles. The van der Waals surface area contributed by atoms with Crippen molar-refractivity contribution in [2.24, 2.45) is 0 Å². The minimum absolute atomic E-state index is 0.0354. The van der Waals surface area contributed by atoms with Gasteiger partial charge in [0.1, 0.15) is 25.1 Å². The number of para-hydroxylation sites is 1. The molecule has 124 valence electrons. The molecule has 0 unspecified atom stereocenters. The summed E-state index contributed by atoms with van der Waals surface area (Å²) in [7, 11) is 0. The Bertz CT molecular complexity index is 856. The molecular formula is C15H14N4O5. The highest BCUT2D eigenvalue weighted by molar-refractivity contribution is 5.96. The molecule has 0 aliphatic heterocycles. The molecule has 0 saturated heterocycles. The third-order valence-corrected chi connectivity index (χ3v) is 3.22. The lowest BCUT2D eigenvalue weighted by Crippen LogP contribution is -2.15. The molecule has 0 bridgehead atoms. The summed E-state index contributed by atoms with van der Waals surface area (Å²) >= 11 is 0. The average molecular weight is 330 g/mol. The van der Waals surface area contributed by atoms with Crippen LogP contribution in [0.5, 0.6) is 0 Å². The van der Waals surface area contributed by atoms with E-state index in [0.29, 0.717) is 16.5 Å². The standard InChI is InChI=1S/C15H14N4O5/c1-2-22-15(21)14-11(10-5-3-4-6-12(10)24-14)8-23-13(20)7-19-9-16-17-18-19/h3-6,9H,2,7-8H2,1H3. The van der Waals surface area contributed by atoms with Crippen molar-refractivity contribution in [2.45, 2.75) is 20.1 Å². The van der Waals surface area contributed by atoms with Crippen molar-refractivity contribution < 1.29 is 23.5 Å². The van der Waals surface area contributed by atoms with Gasteiger partial charge in [0.05, 0.1) is 12.2 Å². The van der Waals surface area contributed by atoms with Gasteiger partial charge >= 0.3 is 11.9 Å². The number of carbonyl (C=O) groups excluding carboxylic acids is 2. The summed E-state index contributed by atoms with van der Waals surface area (Å²) in [6, 6.07) is 7.10. The Labute approximate surface area is 136 Å². The molecule has 0 atom stereocenters. The van der Waals surface area contributed by atoms with E-state index in [9.17, 15) is 9.59 Å². The number of aromatic nitrogens is 4. The van der Waals surface area contributed by atoms with Crippen molar-refractivity contribution in [1.29, 1.82) is 0 Å². The van der Waals surface area contributed by atoms with Crippen LogP contribution in [0.4, 0.5) is 0 Å². The van der Waals surface area contributed by atoms with E-state index in [-0.39, 0.29) is 25.5 Å². The van der Waals surface area contributed by atoms with Crippen molar-refractivity contribution in [1.82, 2.24) is 20.2 Å². The first-order chi connectivity index (χ1) is 11.7. The van der Waals surface area contributed by atoms with E-state index in [1.807, 2.05) is 0 Å². The highest BCUT2D eigenvalue weighted by atomic mass is 16.5. The van der Waals surface area contributed by atoms with Crippen molar-refractivity contribution in [3.05, 3.63) is 41.9 Å². The summed E-state index contributed by atoms with van der Waals surface area (Å²) in [6.07, 6.45) is 1.30. The fourth-order valence-corrected chi connectivity index (χ4v) is 2.19. The van der Waals surface area contributed by atoms with Crippen LogP contribution >= 0.6 is 0 Å². The maximum absolute atomic E-state index is 12.0. The van der Waals surface area contributed by atoms with Crippen molar-refractivity contribution in [2.75, 3.05) is 6.61 Å². The predicted octanol–water partition coefficient (Wildman–Crippen LogP) is 1.34. The SMILES string of the molecule is CCOC(=O)c1oc2ccccc2c1COC(=O)Cn1cnnn1. The summed E-state index contributed by atoms with van der Waals surface area (Å²) < 4.78 is 17.0. The van der Waals surface area contributed by atoms with Gasteiger partial charge < -0.3 is 13.9 Å². The summed E-state index contributed by atoms with van der Waals surface area (Å²) in [6.45, 7) is 1.67. The Morgan fingerprint density at radius 2 is 2.08 bits per heavy atom. The second-order valence-electron chi connectivity index (χ2n) is 4.79. The number of hydrogen-bond donors (Lipinski definition) is 0. The molecule has 3 rings (SSSR count). The van der Waals surface area contributed by atoms with Crippen molar-refractivity contribution in [3.8, 4) is 0 Å².